The van der Waals surface area contributed by atoms with Crippen molar-refractivity contribution in [3.8, 4) is 0 Å². The van der Waals surface area contributed by atoms with Crippen LogP contribution in [0.15, 0.2) is 29.2 Å². The first kappa shape index (κ1) is 16.4. The Hall–Kier alpha value is -2.41. The van der Waals surface area contributed by atoms with Gasteiger partial charge < -0.3 is 20.8 Å². The highest BCUT2D eigenvalue weighted by Gasteiger charge is 2.20. The minimum absolute atomic E-state index is 0.347. The van der Waals surface area contributed by atoms with Gasteiger partial charge in [-0.05, 0) is 37.7 Å². The van der Waals surface area contributed by atoms with Gasteiger partial charge in [-0.2, -0.15) is 4.98 Å². The summed E-state index contributed by atoms with van der Waals surface area (Å²) in [5.41, 5.74) is 7.70. The van der Waals surface area contributed by atoms with E-state index < -0.39 is 0 Å². The highest BCUT2D eigenvalue weighted by molar-refractivity contribution is 6.13. The van der Waals surface area contributed by atoms with E-state index in [1.807, 2.05) is 0 Å². The van der Waals surface area contributed by atoms with Gasteiger partial charge in [0.15, 0.2) is 0 Å². The summed E-state index contributed by atoms with van der Waals surface area (Å²) in [5, 5.41) is 14.7. The van der Waals surface area contributed by atoms with Gasteiger partial charge in [0, 0.05) is 31.4 Å². The molecule has 5 N–H and O–H groups in total. The summed E-state index contributed by atoms with van der Waals surface area (Å²) in [7, 11) is 1.78. The summed E-state index contributed by atoms with van der Waals surface area (Å²) in [4.78, 5) is 8.74. The van der Waals surface area contributed by atoms with Crippen molar-refractivity contribution in [3.05, 3.63) is 35.9 Å². The van der Waals surface area contributed by atoms with E-state index in [9.17, 15) is 0 Å². The second-order valence-electron chi connectivity index (χ2n) is 6.25. The largest absolute Gasteiger partial charge is 0.472 e. The van der Waals surface area contributed by atoms with E-state index >= 15 is 0 Å². The lowest BCUT2D eigenvalue weighted by Crippen LogP contribution is -2.29. The van der Waals surface area contributed by atoms with Crippen molar-refractivity contribution in [2.45, 2.75) is 31.7 Å². The first-order valence-corrected chi connectivity index (χ1v) is 8.33. The fraction of sp³-hybridized carbons (Fsp3) is 0.471. The van der Waals surface area contributed by atoms with Crippen LogP contribution < -0.4 is 16.4 Å². The second kappa shape index (κ2) is 7.44. The number of furan rings is 1. The van der Waals surface area contributed by atoms with Gasteiger partial charge in [0.2, 0.25) is 5.95 Å². The van der Waals surface area contributed by atoms with Crippen molar-refractivity contribution >= 4 is 17.5 Å². The van der Waals surface area contributed by atoms with E-state index in [1.54, 1.807) is 31.8 Å². The molecule has 2 aromatic rings. The molecule has 1 saturated carbocycles. The molecule has 1 aliphatic rings. The molecular weight excluding hydrogens is 304 g/mol. The first-order chi connectivity index (χ1) is 11.7. The Morgan fingerprint density at radius 2 is 2.17 bits per heavy atom. The van der Waals surface area contributed by atoms with E-state index in [0.29, 0.717) is 40.6 Å². The van der Waals surface area contributed by atoms with Crippen molar-refractivity contribution < 1.29 is 4.42 Å². The van der Waals surface area contributed by atoms with Gasteiger partial charge in [-0.25, -0.2) is 4.98 Å². The fourth-order valence-corrected chi connectivity index (χ4v) is 3.02. The molecule has 24 heavy (non-hydrogen) atoms. The third-order valence-corrected chi connectivity index (χ3v) is 4.54. The van der Waals surface area contributed by atoms with E-state index in [-0.39, 0.29) is 0 Å². The average molecular weight is 328 g/mol. The molecule has 1 fully saturated rings. The van der Waals surface area contributed by atoms with Crippen LogP contribution in [0.2, 0.25) is 0 Å². The van der Waals surface area contributed by atoms with Crippen molar-refractivity contribution in [2.75, 3.05) is 24.2 Å². The number of nitrogens with zero attached hydrogens (tertiary/aromatic N) is 2. The minimum Gasteiger partial charge on any atom is -0.472 e. The van der Waals surface area contributed by atoms with Crippen molar-refractivity contribution in [2.24, 2.45) is 11.7 Å². The topological polar surface area (TPSA) is 113 Å². The van der Waals surface area contributed by atoms with Crippen LogP contribution in [0.4, 0.5) is 11.8 Å². The first-order valence-electron chi connectivity index (χ1n) is 8.33. The van der Waals surface area contributed by atoms with Crippen LogP contribution >= 0.6 is 0 Å². The maximum Gasteiger partial charge on any atom is 0.224 e. The van der Waals surface area contributed by atoms with Crippen molar-refractivity contribution in [1.82, 2.24) is 9.97 Å². The number of rotatable bonds is 6. The third kappa shape index (κ3) is 3.73. The highest BCUT2D eigenvalue weighted by Crippen LogP contribution is 2.25. The van der Waals surface area contributed by atoms with Crippen LogP contribution in [-0.2, 0) is 0 Å². The molecule has 0 bridgehead atoms. The zero-order valence-corrected chi connectivity index (χ0v) is 13.9. The summed E-state index contributed by atoms with van der Waals surface area (Å²) < 4.78 is 5.08. The Morgan fingerprint density at radius 3 is 2.83 bits per heavy atom. The Kier molecular flexibility index (Phi) is 5.10. The van der Waals surface area contributed by atoms with E-state index in [4.69, 9.17) is 15.6 Å². The minimum atomic E-state index is 0.347. The molecule has 1 aliphatic carbocycles. The zero-order chi connectivity index (χ0) is 16.9. The Morgan fingerprint density at radius 1 is 1.38 bits per heavy atom. The number of nitrogens with two attached hydrogens (primary N) is 1. The number of anilines is 2. The summed E-state index contributed by atoms with van der Waals surface area (Å²) in [5.74, 6) is 1.80. The van der Waals surface area contributed by atoms with Gasteiger partial charge in [0.05, 0.1) is 23.8 Å². The lowest BCUT2D eigenvalue weighted by molar-refractivity contribution is 0.338. The standard InChI is InChI=1S/C17H24N6O/c1-20-17-22-9-14(15(19)12-6-7-24-10-12)16(23-17)21-8-11-2-4-13(18)5-3-11/h6-7,9-11,13,19H,2-5,8,18H2,1H3,(H2,20,21,22,23). The Labute approximate surface area is 141 Å². The number of hydrogen-bond acceptors (Lipinski definition) is 7. The predicted molar refractivity (Wildman–Crippen MR) is 94.6 cm³/mol. The Balaban J connectivity index is 1.76. The molecule has 0 amide bonds. The van der Waals surface area contributed by atoms with Crippen LogP contribution in [0.1, 0.15) is 36.8 Å². The van der Waals surface area contributed by atoms with Gasteiger partial charge >= 0.3 is 0 Å². The zero-order valence-electron chi connectivity index (χ0n) is 13.9. The monoisotopic (exact) mass is 328 g/mol. The maximum atomic E-state index is 8.39. The quantitative estimate of drug-likeness (QED) is 0.606. The molecule has 2 heterocycles. The number of nitrogens with one attached hydrogen (secondary N) is 3. The smallest absolute Gasteiger partial charge is 0.224 e. The van der Waals surface area contributed by atoms with Gasteiger partial charge in [-0.15, -0.1) is 0 Å². The fourth-order valence-electron chi connectivity index (χ4n) is 3.02. The maximum absolute atomic E-state index is 8.39. The van der Waals surface area contributed by atoms with E-state index in [0.717, 1.165) is 32.2 Å². The number of hydrogen-bond donors (Lipinski definition) is 4. The molecule has 0 saturated heterocycles. The highest BCUT2D eigenvalue weighted by atomic mass is 16.3. The normalized spacial score (nSPS) is 20.6. The molecule has 2 aromatic heterocycles. The molecule has 128 valence electrons. The van der Waals surface area contributed by atoms with Crippen LogP contribution in [0, 0.1) is 11.3 Å². The molecule has 3 rings (SSSR count). The molecule has 0 unspecified atom stereocenters. The Bertz CT molecular complexity index is 676. The average Bonchev–Trinajstić information content (AvgIpc) is 3.15. The van der Waals surface area contributed by atoms with Crippen LogP contribution in [0.25, 0.3) is 0 Å². The molecular formula is C17H24N6O. The third-order valence-electron chi connectivity index (χ3n) is 4.54. The molecule has 7 nitrogen and oxygen atoms in total. The molecule has 7 heteroatoms. The lowest BCUT2D eigenvalue weighted by Gasteiger charge is -2.26. The molecule has 0 atom stereocenters. The summed E-state index contributed by atoms with van der Waals surface area (Å²) in [6, 6.07) is 2.11. The number of aromatic nitrogens is 2. The van der Waals surface area contributed by atoms with Gasteiger partial charge in [-0.3, -0.25) is 5.41 Å². The molecule has 0 aromatic carbocycles. The lowest BCUT2D eigenvalue weighted by atomic mass is 9.86. The van der Waals surface area contributed by atoms with Gasteiger partial charge in [0.25, 0.3) is 0 Å². The summed E-state index contributed by atoms with van der Waals surface area (Å²) >= 11 is 0. The van der Waals surface area contributed by atoms with Crippen LogP contribution in [0.3, 0.4) is 0 Å². The second-order valence-corrected chi connectivity index (χ2v) is 6.25. The molecule has 0 aliphatic heterocycles. The van der Waals surface area contributed by atoms with Gasteiger partial charge in [-0.1, -0.05) is 0 Å². The molecule has 0 radical (unpaired) electrons. The van der Waals surface area contributed by atoms with Crippen molar-refractivity contribution in [3.63, 3.8) is 0 Å². The molecule has 0 spiro atoms. The summed E-state index contributed by atoms with van der Waals surface area (Å²) in [6.07, 6.45) is 9.21. The van der Waals surface area contributed by atoms with E-state index in [2.05, 4.69) is 20.6 Å². The van der Waals surface area contributed by atoms with Gasteiger partial charge in [0.1, 0.15) is 5.82 Å². The SMILES string of the molecule is CNc1ncc(C(=N)c2ccoc2)c(NCC2CCC(N)CC2)n1. The van der Waals surface area contributed by atoms with Crippen LogP contribution in [-0.4, -0.2) is 35.3 Å². The summed E-state index contributed by atoms with van der Waals surface area (Å²) in [6.45, 7) is 0.832. The predicted octanol–water partition coefficient (Wildman–Crippen LogP) is 2.46. The van der Waals surface area contributed by atoms with E-state index in [1.165, 1.54) is 0 Å². The van der Waals surface area contributed by atoms with Crippen molar-refractivity contribution in [1.29, 1.82) is 5.41 Å². The van der Waals surface area contributed by atoms with Crippen LogP contribution in [0.5, 0.6) is 0 Å².